The lowest BCUT2D eigenvalue weighted by atomic mass is 9.77. The van der Waals surface area contributed by atoms with Crippen molar-refractivity contribution in [3.8, 4) is 0 Å². The molecule has 0 bridgehead atoms. The molecule has 2 unspecified atom stereocenters. The topological polar surface area (TPSA) is 42.2 Å². The third-order valence-corrected chi connectivity index (χ3v) is 5.52. The molecule has 0 spiro atoms. The zero-order chi connectivity index (χ0) is 14.9. The van der Waals surface area contributed by atoms with Crippen LogP contribution in [0.4, 0.5) is 0 Å². The lowest BCUT2D eigenvalue weighted by Crippen LogP contribution is -2.52. The van der Waals surface area contributed by atoms with Crippen LogP contribution in [0.3, 0.4) is 0 Å². The van der Waals surface area contributed by atoms with Crippen molar-refractivity contribution in [1.82, 2.24) is 5.32 Å². The van der Waals surface area contributed by atoms with Gasteiger partial charge in [-0.1, -0.05) is 53.9 Å². The highest BCUT2D eigenvalue weighted by molar-refractivity contribution is 9.09. The summed E-state index contributed by atoms with van der Waals surface area (Å²) in [5.41, 5.74) is 1.25. The van der Waals surface area contributed by atoms with Gasteiger partial charge in [0.05, 0.1) is 11.1 Å². The van der Waals surface area contributed by atoms with E-state index in [4.69, 9.17) is 4.42 Å². The van der Waals surface area contributed by atoms with Gasteiger partial charge in [0.15, 0.2) is 0 Å². The number of alkyl halides is 1. The standard InChI is InChI=1S/C17H20BrNO2/c1-12-5-4-8-17(9-12,11-18)19-16(20)14-10-21-15-7-3-2-6-13(14)15/h2-3,6-7,10,12H,4-5,8-9,11H2,1H3,(H,19,20). The second-order valence-corrected chi connectivity index (χ2v) is 6.78. The van der Waals surface area contributed by atoms with E-state index in [0.717, 1.165) is 29.1 Å². The molecule has 1 aromatic heterocycles. The molecule has 1 N–H and O–H groups in total. The van der Waals surface area contributed by atoms with Crippen LogP contribution in [0.15, 0.2) is 34.9 Å². The molecular formula is C17H20BrNO2. The quantitative estimate of drug-likeness (QED) is 0.828. The number of carbonyl (C=O) groups excluding carboxylic acids is 1. The molecule has 0 saturated heterocycles. The van der Waals surface area contributed by atoms with Gasteiger partial charge in [-0.2, -0.15) is 0 Å². The molecule has 21 heavy (non-hydrogen) atoms. The van der Waals surface area contributed by atoms with Crippen molar-refractivity contribution in [3.63, 3.8) is 0 Å². The lowest BCUT2D eigenvalue weighted by Gasteiger charge is -2.39. The molecule has 2 aromatic rings. The van der Waals surface area contributed by atoms with E-state index in [1.54, 1.807) is 6.26 Å². The molecule has 112 valence electrons. The molecule has 1 saturated carbocycles. The van der Waals surface area contributed by atoms with Crippen LogP contribution in [0.1, 0.15) is 43.0 Å². The number of hydrogen-bond donors (Lipinski definition) is 1. The molecule has 2 atom stereocenters. The fraction of sp³-hybridized carbons (Fsp3) is 0.471. The minimum Gasteiger partial charge on any atom is -0.463 e. The van der Waals surface area contributed by atoms with Crippen LogP contribution in [0.2, 0.25) is 0 Å². The highest BCUT2D eigenvalue weighted by Gasteiger charge is 2.36. The smallest absolute Gasteiger partial charge is 0.255 e. The van der Waals surface area contributed by atoms with Gasteiger partial charge in [0.2, 0.25) is 0 Å². The van der Waals surface area contributed by atoms with E-state index < -0.39 is 0 Å². The van der Waals surface area contributed by atoms with Crippen molar-refractivity contribution in [1.29, 1.82) is 0 Å². The van der Waals surface area contributed by atoms with Gasteiger partial charge in [0.25, 0.3) is 5.91 Å². The Kier molecular flexibility index (Phi) is 4.07. The van der Waals surface area contributed by atoms with E-state index in [1.807, 2.05) is 24.3 Å². The zero-order valence-corrected chi connectivity index (χ0v) is 13.8. The van der Waals surface area contributed by atoms with Crippen molar-refractivity contribution in [3.05, 3.63) is 36.1 Å². The average molecular weight is 350 g/mol. The number of carbonyl (C=O) groups is 1. The van der Waals surface area contributed by atoms with E-state index >= 15 is 0 Å². The predicted octanol–water partition coefficient (Wildman–Crippen LogP) is 4.51. The Labute approximate surface area is 133 Å². The molecule has 1 amide bonds. The summed E-state index contributed by atoms with van der Waals surface area (Å²) in [7, 11) is 0. The van der Waals surface area contributed by atoms with Crippen molar-refractivity contribution in [2.75, 3.05) is 5.33 Å². The zero-order valence-electron chi connectivity index (χ0n) is 12.2. The predicted molar refractivity (Wildman–Crippen MR) is 87.8 cm³/mol. The van der Waals surface area contributed by atoms with Crippen LogP contribution < -0.4 is 5.32 Å². The molecule has 0 radical (unpaired) electrons. The fourth-order valence-electron chi connectivity index (χ4n) is 3.39. The lowest BCUT2D eigenvalue weighted by molar-refractivity contribution is 0.0870. The second-order valence-electron chi connectivity index (χ2n) is 6.22. The summed E-state index contributed by atoms with van der Waals surface area (Å²) in [5.74, 6) is 0.617. The highest BCUT2D eigenvalue weighted by atomic mass is 79.9. The molecule has 3 rings (SSSR count). The summed E-state index contributed by atoms with van der Waals surface area (Å²) < 4.78 is 5.47. The third kappa shape index (κ3) is 2.86. The number of para-hydroxylation sites is 1. The Balaban J connectivity index is 1.85. The number of fused-ring (bicyclic) bond motifs is 1. The Morgan fingerprint density at radius 2 is 2.29 bits per heavy atom. The number of hydrogen-bond acceptors (Lipinski definition) is 2. The molecule has 4 heteroatoms. The van der Waals surface area contributed by atoms with Crippen LogP contribution in [0.5, 0.6) is 0 Å². The Morgan fingerprint density at radius 1 is 1.48 bits per heavy atom. The van der Waals surface area contributed by atoms with Crippen LogP contribution in [0.25, 0.3) is 11.0 Å². The Hall–Kier alpha value is -1.29. The van der Waals surface area contributed by atoms with E-state index in [2.05, 4.69) is 28.2 Å². The van der Waals surface area contributed by atoms with Crippen molar-refractivity contribution < 1.29 is 9.21 Å². The van der Waals surface area contributed by atoms with Crippen LogP contribution in [-0.2, 0) is 0 Å². The normalized spacial score (nSPS) is 25.9. The number of furan rings is 1. The molecule has 0 aliphatic heterocycles. The molecule has 1 heterocycles. The summed E-state index contributed by atoms with van der Waals surface area (Å²) >= 11 is 3.60. The second kappa shape index (κ2) is 5.84. The van der Waals surface area contributed by atoms with Gasteiger partial charge in [-0.05, 0) is 24.8 Å². The SMILES string of the molecule is CC1CCCC(CBr)(NC(=O)c2coc3ccccc23)C1. The molecular weight excluding hydrogens is 330 g/mol. The van der Waals surface area contributed by atoms with Crippen LogP contribution in [-0.4, -0.2) is 16.8 Å². The number of amides is 1. The molecule has 1 aliphatic carbocycles. The number of nitrogens with one attached hydrogen (secondary N) is 1. The highest BCUT2D eigenvalue weighted by Crippen LogP contribution is 2.34. The Morgan fingerprint density at radius 3 is 3.05 bits per heavy atom. The fourth-order valence-corrected chi connectivity index (χ4v) is 4.04. The molecule has 1 aromatic carbocycles. The maximum atomic E-state index is 12.7. The maximum absolute atomic E-state index is 12.7. The van der Waals surface area contributed by atoms with Gasteiger partial charge in [0, 0.05) is 10.7 Å². The first-order valence-corrected chi connectivity index (χ1v) is 8.60. The van der Waals surface area contributed by atoms with Gasteiger partial charge in [-0.25, -0.2) is 0 Å². The summed E-state index contributed by atoms with van der Waals surface area (Å²) in [5, 5.41) is 4.94. The van der Waals surface area contributed by atoms with E-state index in [9.17, 15) is 4.79 Å². The first-order valence-electron chi connectivity index (χ1n) is 7.48. The molecule has 3 nitrogen and oxygen atoms in total. The molecule has 1 aliphatic rings. The largest absolute Gasteiger partial charge is 0.463 e. The number of halogens is 1. The van der Waals surface area contributed by atoms with E-state index in [0.29, 0.717) is 11.5 Å². The van der Waals surface area contributed by atoms with Crippen molar-refractivity contribution >= 4 is 32.8 Å². The third-order valence-electron chi connectivity index (χ3n) is 4.45. The summed E-state index contributed by atoms with van der Waals surface area (Å²) in [4.78, 5) is 12.7. The first-order chi connectivity index (χ1) is 10.1. The monoisotopic (exact) mass is 349 g/mol. The summed E-state index contributed by atoms with van der Waals surface area (Å²) in [6.45, 7) is 2.26. The summed E-state index contributed by atoms with van der Waals surface area (Å²) in [6, 6.07) is 7.65. The van der Waals surface area contributed by atoms with Crippen molar-refractivity contribution in [2.24, 2.45) is 5.92 Å². The van der Waals surface area contributed by atoms with Gasteiger partial charge in [-0.3, -0.25) is 4.79 Å². The first kappa shape index (κ1) is 14.6. The van der Waals surface area contributed by atoms with E-state index in [-0.39, 0.29) is 11.4 Å². The maximum Gasteiger partial charge on any atom is 0.255 e. The molecule has 1 fully saturated rings. The van der Waals surface area contributed by atoms with Gasteiger partial charge in [-0.15, -0.1) is 0 Å². The van der Waals surface area contributed by atoms with Gasteiger partial charge >= 0.3 is 0 Å². The van der Waals surface area contributed by atoms with E-state index in [1.165, 1.54) is 12.8 Å². The number of rotatable bonds is 3. The summed E-state index contributed by atoms with van der Waals surface area (Å²) in [6.07, 6.45) is 6.04. The van der Waals surface area contributed by atoms with Crippen LogP contribution in [0, 0.1) is 5.92 Å². The van der Waals surface area contributed by atoms with Gasteiger partial charge < -0.3 is 9.73 Å². The van der Waals surface area contributed by atoms with Crippen molar-refractivity contribution in [2.45, 2.75) is 38.1 Å². The number of benzene rings is 1. The minimum absolute atomic E-state index is 0.0338. The average Bonchev–Trinajstić information content (AvgIpc) is 2.91. The van der Waals surface area contributed by atoms with Crippen LogP contribution >= 0.6 is 15.9 Å². The van der Waals surface area contributed by atoms with Gasteiger partial charge in [0.1, 0.15) is 11.8 Å². The Bertz CT molecular complexity index is 651. The minimum atomic E-state index is -0.132.